The van der Waals surface area contributed by atoms with Crippen LogP contribution in [0.15, 0.2) is 41.6 Å². The summed E-state index contributed by atoms with van der Waals surface area (Å²) < 4.78 is 0. The van der Waals surface area contributed by atoms with Crippen molar-refractivity contribution in [2.45, 2.75) is 31.8 Å². The van der Waals surface area contributed by atoms with E-state index in [1.165, 1.54) is 6.42 Å². The number of amidine groups is 1. The summed E-state index contributed by atoms with van der Waals surface area (Å²) in [6.45, 7) is 0.741. The summed E-state index contributed by atoms with van der Waals surface area (Å²) in [5.41, 5.74) is 7.51. The highest BCUT2D eigenvalue weighted by atomic mass is 16.4. The van der Waals surface area contributed by atoms with Crippen LogP contribution in [-0.4, -0.2) is 17.1 Å². The zero-order valence-corrected chi connectivity index (χ0v) is 10.3. The molecule has 0 bridgehead atoms. The fraction of sp³-hybridized carbons (Fsp3) is 0.357. The van der Waals surface area contributed by atoms with Gasteiger partial charge in [-0.25, -0.2) is 0 Å². The molecular formula is C14H19N3O. The normalized spacial score (nSPS) is 20.0. The maximum atomic E-state index is 8.76. The first-order valence-electron chi connectivity index (χ1n) is 6.25. The second-order valence-electron chi connectivity index (χ2n) is 4.50. The van der Waals surface area contributed by atoms with Gasteiger partial charge < -0.3 is 16.3 Å². The lowest BCUT2D eigenvalue weighted by Crippen LogP contribution is -2.30. The van der Waals surface area contributed by atoms with Crippen LogP contribution < -0.4 is 11.1 Å². The SMILES string of the molecule is NC(=NO)c1ccccc1CNC1CC=CCC1. The van der Waals surface area contributed by atoms with Crippen LogP contribution in [-0.2, 0) is 6.54 Å². The van der Waals surface area contributed by atoms with Crippen LogP contribution in [0.1, 0.15) is 30.4 Å². The summed E-state index contributed by atoms with van der Waals surface area (Å²) in [6, 6.07) is 8.24. The number of benzene rings is 1. The van der Waals surface area contributed by atoms with E-state index in [2.05, 4.69) is 22.6 Å². The van der Waals surface area contributed by atoms with Crippen molar-refractivity contribution in [3.8, 4) is 0 Å². The Morgan fingerprint density at radius 3 is 2.94 bits per heavy atom. The Bertz CT molecular complexity index is 454. The van der Waals surface area contributed by atoms with Crippen LogP contribution in [0.25, 0.3) is 0 Å². The molecule has 0 aromatic heterocycles. The van der Waals surface area contributed by atoms with Gasteiger partial charge in [-0.1, -0.05) is 41.6 Å². The highest BCUT2D eigenvalue weighted by molar-refractivity contribution is 5.98. The van der Waals surface area contributed by atoms with Crippen LogP contribution in [0.2, 0.25) is 0 Å². The van der Waals surface area contributed by atoms with Gasteiger partial charge in [0.15, 0.2) is 5.84 Å². The third-order valence-electron chi connectivity index (χ3n) is 3.25. The third kappa shape index (κ3) is 3.11. The topological polar surface area (TPSA) is 70.6 Å². The lowest BCUT2D eigenvalue weighted by molar-refractivity contribution is 0.318. The number of hydrogen-bond acceptors (Lipinski definition) is 3. The first-order chi connectivity index (χ1) is 8.81. The smallest absolute Gasteiger partial charge is 0.170 e. The van der Waals surface area contributed by atoms with E-state index in [4.69, 9.17) is 10.9 Å². The van der Waals surface area contributed by atoms with Gasteiger partial charge in [0.25, 0.3) is 0 Å². The standard InChI is InChI=1S/C14H19N3O/c15-14(17-18)13-9-5-4-6-11(13)10-16-12-7-2-1-3-8-12/h1-2,4-6,9,12,16,18H,3,7-8,10H2,(H2,15,17). The number of oxime groups is 1. The molecule has 4 N–H and O–H groups in total. The minimum absolute atomic E-state index is 0.163. The molecular weight excluding hydrogens is 226 g/mol. The summed E-state index contributed by atoms with van der Waals surface area (Å²) in [4.78, 5) is 0. The van der Waals surface area contributed by atoms with Gasteiger partial charge >= 0.3 is 0 Å². The molecule has 0 amide bonds. The number of nitrogens with zero attached hydrogens (tertiary/aromatic N) is 1. The Morgan fingerprint density at radius 1 is 1.39 bits per heavy atom. The number of hydrogen-bond donors (Lipinski definition) is 3. The minimum Gasteiger partial charge on any atom is -0.409 e. The Hall–Kier alpha value is -1.81. The lowest BCUT2D eigenvalue weighted by Gasteiger charge is -2.20. The van der Waals surface area contributed by atoms with E-state index in [9.17, 15) is 0 Å². The average molecular weight is 245 g/mol. The average Bonchev–Trinajstić information content (AvgIpc) is 2.45. The van der Waals surface area contributed by atoms with Gasteiger partial charge in [0.2, 0.25) is 0 Å². The molecule has 0 heterocycles. The lowest BCUT2D eigenvalue weighted by atomic mass is 10.0. The molecule has 1 atom stereocenters. The molecule has 0 radical (unpaired) electrons. The van der Waals surface area contributed by atoms with Crippen molar-refractivity contribution in [3.63, 3.8) is 0 Å². The van der Waals surface area contributed by atoms with E-state index >= 15 is 0 Å². The summed E-state index contributed by atoms with van der Waals surface area (Å²) in [5, 5.41) is 15.3. The van der Waals surface area contributed by atoms with Crippen molar-refractivity contribution in [2.75, 3.05) is 0 Å². The van der Waals surface area contributed by atoms with Gasteiger partial charge in [0.1, 0.15) is 0 Å². The monoisotopic (exact) mass is 245 g/mol. The maximum absolute atomic E-state index is 8.76. The van der Waals surface area contributed by atoms with E-state index < -0.39 is 0 Å². The minimum atomic E-state index is 0.163. The molecule has 0 saturated carbocycles. The van der Waals surface area contributed by atoms with E-state index in [1.54, 1.807) is 0 Å². The van der Waals surface area contributed by atoms with Crippen molar-refractivity contribution in [1.82, 2.24) is 5.32 Å². The predicted molar refractivity (Wildman–Crippen MR) is 72.6 cm³/mol. The molecule has 96 valence electrons. The van der Waals surface area contributed by atoms with E-state index in [0.29, 0.717) is 6.04 Å². The summed E-state index contributed by atoms with van der Waals surface area (Å²) in [6.07, 6.45) is 7.83. The number of allylic oxidation sites excluding steroid dienone is 1. The summed E-state index contributed by atoms with van der Waals surface area (Å²) >= 11 is 0. The highest BCUT2D eigenvalue weighted by Crippen LogP contribution is 2.13. The number of nitrogens with two attached hydrogens (primary N) is 1. The van der Waals surface area contributed by atoms with Crippen molar-refractivity contribution in [2.24, 2.45) is 10.9 Å². The van der Waals surface area contributed by atoms with Crippen molar-refractivity contribution < 1.29 is 5.21 Å². The Kier molecular flexibility index (Phi) is 4.36. The first kappa shape index (κ1) is 12.6. The van der Waals surface area contributed by atoms with Gasteiger partial charge in [-0.3, -0.25) is 0 Å². The van der Waals surface area contributed by atoms with Crippen molar-refractivity contribution in [1.29, 1.82) is 0 Å². The van der Waals surface area contributed by atoms with E-state index in [-0.39, 0.29) is 5.84 Å². The second-order valence-corrected chi connectivity index (χ2v) is 4.50. The number of rotatable bonds is 4. The zero-order chi connectivity index (χ0) is 12.8. The predicted octanol–water partition coefficient (Wildman–Crippen LogP) is 1.98. The van der Waals surface area contributed by atoms with Gasteiger partial charge in [-0.15, -0.1) is 0 Å². The van der Waals surface area contributed by atoms with Crippen molar-refractivity contribution >= 4 is 5.84 Å². The van der Waals surface area contributed by atoms with Gasteiger partial charge in [-0.2, -0.15) is 0 Å². The van der Waals surface area contributed by atoms with Gasteiger partial charge in [0.05, 0.1) is 0 Å². The fourth-order valence-corrected chi connectivity index (χ4v) is 2.21. The Balaban J connectivity index is 2.02. The van der Waals surface area contributed by atoms with Crippen LogP contribution in [0.3, 0.4) is 0 Å². The molecule has 1 aliphatic carbocycles. The Morgan fingerprint density at radius 2 is 2.22 bits per heavy atom. The molecule has 1 aromatic rings. The summed E-state index contributed by atoms with van der Waals surface area (Å²) in [5.74, 6) is 0.163. The quantitative estimate of drug-likeness (QED) is 0.250. The molecule has 0 fully saturated rings. The van der Waals surface area contributed by atoms with Gasteiger partial charge in [-0.05, 0) is 24.8 Å². The molecule has 0 aliphatic heterocycles. The maximum Gasteiger partial charge on any atom is 0.170 e. The highest BCUT2D eigenvalue weighted by Gasteiger charge is 2.11. The van der Waals surface area contributed by atoms with Crippen LogP contribution in [0.4, 0.5) is 0 Å². The Labute approximate surface area is 107 Å². The largest absolute Gasteiger partial charge is 0.409 e. The van der Waals surface area contributed by atoms with E-state index in [0.717, 1.165) is 30.5 Å². The molecule has 0 saturated heterocycles. The van der Waals surface area contributed by atoms with Crippen LogP contribution in [0.5, 0.6) is 0 Å². The number of nitrogens with one attached hydrogen (secondary N) is 1. The first-order valence-corrected chi connectivity index (χ1v) is 6.25. The zero-order valence-electron chi connectivity index (χ0n) is 10.3. The molecule has 1 aliphatic rings. The molecule has 1 aromatic carbocycles. The third-order valence-corrected chi connectivity index (χ3v) is 3.25. The van der Waals surface area contributed by atoms with E-state index in [1.807, 2.05) is 24.3 Å². The van der Waals surface area contributed by atoms with Crippen LogP contribution in [0, 0.1) is 0 Å². The van der Waals surface area contributed by atoms with Crippen molar-refractivity contribution in [3.05, 3.63) is 47.5 Å². The molecule has 18 heavy (non-hydrogen) atoms. The summed E-state index contributed by atoms with van der Waals surface area (Å²) in [7, 11) is 0. The fourth-order valence-electron chi connectivity index (χ4n) is 2.21. The van der Waals surface area contributed by atoms with Crippen LogP contribution >= 0.6 is 0 Å². The molecule has 1 unspecified atom stereocenters. The second kappa shape index (κ2) is 6.21. The molecule has 0 spiro atoms. The molecule has 4 nitrogen and oxygen atoms in total. The van der Waals surface area contributed by atoms with Gasteiger partial charge in [0, 0.05) is 18.2 Å². The molecule has 2 rings (SSSR count). The molecule has 4 heteroatoms.